The van der Waals surface area contributed by atoms with Crippen LogP contribution in [0.3, 0.4) is 0 Å². The number of thioether (sulfide) groups is 1. The third-order valence-corrected chi connectivity index (χ3v) is 6.23. The van der Waals surface area contributed by atoms with E-state index in [1.54, 1.807) is 18.5 Å². The van der Waals surface area contributed by atoms with Crippen LogP contribution in [0.15, 0.2) is 72.1 Å². The molecule has 0 atom stereocenters. The average Bonchev–Trinajstić information content (AvgIpc) is 3.26. The first-order chi connectivity index (χ1) is 16.4. The molecule has 0 unspecified atom stereocenters. The van der Waals surface area contributed by atoms with E-state index in [1.165, 1.54) is 11.8 Å². The number of anilines is 1. The first kappa shape index (κ1) is 23.2. The number of urea groups is 1. The number of benzene rings is 2. The molecule has 0 fully saturated rings. The first-order valence-electron chi connectivity index (χ1n) is 10.6. The number of carbonyl (C=O) groups excluding carboxylic acids is 2. The van der Waals surface area contributed by atoms with Gasteiger partial charge in [-0.1, -0.05) is 41.6 Å². The van der Waals surface area contributed by atoms with Gasteiger partial charge in [0.15, 0.2) is 11.0 Å². The van der Waals surface area contributed by atoms with E-state index in [-0.39, 0.29) is 5.75 Å². The summed E-state index contributed by atoms with van der Waals surface area (Å²) < 4.78 is 1.89. The van der Waals surface area contributed by atoms with E-state index < -0.39 is 11.9 Å². The number of hydrogen-bond acceptors (Lipinski definition) is 6. The number of nitrogens with zero attached hydrogens (tertiary/aromatic N) is 4. The van der Waals surface area contributed by atoms with Gasteiger partial charge in [0, 0.05) is 29.3 Å². The summed E-state index contributed by atoms with van der Waals surface area (Å²) in [5.74, 6) is 0.208. The number of aryl methyl sites for hydroxylation is 2. The zero-order valence-electron chi connectivity index (χ0n) is 19.1. The normalized spacial score (nSPS) is 10.7. The maximum Gasteiger partial charge on any atom is 0.325 e. The van der Waals surface area contributed by atoms with Gasteiger partial charge < -0.3 is 5.32 Å². The van der Waals surface area contributed by atoms with E-state index in [0.717, 1.165) is 27.9 Å². The van der Waals surface area contributed by atoms with Crippen LogP contribution >= 0.6 is 11.8 Å². The number of imide groups is 1. The molecule has 172 valence electrons. The second-order valence-electron chi connectivity index (χ2n) is 7.75. The number of rotatable bonds is 6. The fraction of sp³-hybridized carbons (Fsp3) is 0.160. The Morgan fingerprint density at radius 2 is 1.68 bits per heavy atom. The Labute approximate surface area is 201 Å². The van der Waals surface area contributed by atoms with E-state index in [4.69, 9.17) is 0 Å². The van der Waals surface area contributed by atoms with Gasteiger partial charge in [0.2, 0.25) is 5.91 Å². The maximum absolute atomic E-state index is 12.5. The van der Waals surface area contributed by atoms with E-state index in [0.29, 0.717) is 16.7 Å². The van der Waals surface area contributed by atoms with Crippen molar-refractivity contribution in [1.82, 2.24) is 25.1 Å². The van der Waals surface area contributed by atoms with Gasteiger partial charge in [0.1, 0.15) is 0 Å². The zero-order chi connectivity index (χ0) is 24.1. The van der Waals surface area contributed by atoms with Crippen molar-refractivity contribution in [2.24, 2.45) is 0 Å². The highest BCUT2D eigenvalue weighted by molar-refractivity contribution is 7.99. The SMILES string of the molecule is Cc1ccc(-n2c(SCC(=O)NC(=O)Nc3cccc(C)c3C)nnc2-c2ccncc2)cc1. The largest absolute Gasteiger partial charge is 0.325 e. The minimum absolute atomic E-state index is 0.000555. The molecule has 0 aliphatic rings. The number of carbonyl (C=O) groups is 2. The number of amides is 3. The third kappa shape index (κ3) is 5.32. The van der Waals surface area contributed by atoms with Crippen LogP contribution in [0.1, 0.15) is 16.7 Å². The molecule has 3 amide bonds. The molecule has 0 bridgehead atoms. The fourth-order valence-corrected chi connectivity index (χ4v) is 4.06. The summed E-state index contributed by atoms with van der Waals surface area (Å²) in [5, 5.41) is 14.3. The Kier molecular flexibility index (Phi) is 7.03. The van der Waals surface area contributed by atoms with Gasteiger partial charge in [0.25, 0.3) is 0 Å². The van der Waals surface area contributed by atoms with Crippen LogP contribution < -0.4 is 10.6 Å². The Balaban J connectivity index is 1.48. The molecule has 0 saturated heterocycles. The van der Waals surface area contributed by atoms with Crippen molar-refractivity contribution in [3.63, 3.8) is 0 Å². The van der Waals surface area contributed by atoms with Crippen molar-refractivity contribution >= 4 is 29.4 Å². The van der Waals surface area contributed by atoms with Crippen molar-refractivity contribution in [1.29, 1.82) is 0 Å². The zero-order valence-corrected chi connectivity index (χ0v) is 19.9. The molecular weight excluding hydrogens is 448 g/mol. The molecule has 2 aromatic carbocycles. The van der Waals surface area contributed by atoms with Crippen LogP contribution in [-0.2, 0) is 4.79 Å². The molecular formula is C25H24N6O2S. The molecule has 0 radical (unpaired) electrons. The molecule has 0 aliphatic carbocycles. The van der Waals surface area contributed by atoms with Gasteiger partial charge in [0.05, 0.1) is 5.75 Å². The molecule has 2 heterocycles. The molecule has 0 spiro atoms. The van der Waals surface area contributed by atoms with Crippen molar-refractivity contribution in [2.75, 3.05) is 11.1 Å². The van der Waals surface area contributed by atoms with Crippen molar-refractivity contribution in [3.8, 4) is 17.1 Å². The van der Waals surface area contributed by atoms with Crippen LogP contribution in [0.4, 0.5) is 10.5 Å². The fourth-order valence-electron chi connectivity index (χ4n) is 3.31. The van der Waals surface area contributed by atoms with E-state index >= 15 is 0 Å². The summed E-state index contributed by atoms with van der Waals surface area (Å²) in [6.45, 7) is 5.90. The highest BCUT2D eigenvalue weighted by Crippen LogP contribution is 2.28. The summed E-state index contributed by atoms with van der Waals surface area (Å²) in [4.78, 5) is 28.9. The van der Waals surface area contributed by atoms with Gasteiger partial charge in [-0.3, -0.25) is 19.7 Å². The highest BCUT2D eigenvalue weighted by atomic mass is 32.2. The van der Waals surface area contributed by atoms with Crippen LogP contribution in [0.25, 0.3) is 17.1 Å². The smallest absolute Gasteiger partial charge is 0.307 e. The second kappa shape index (κ2) is 10.3. The predicted octanol–water partition coefficient (Wildman–Crippen LogP) is 4.69. The van der Waals surface area contributed by atoms with Crippen molar-refractivity contribution in [3.05, 3.63) is 83.7 Å². The number of aromatic nitrogens is 4. The molecule has 4 aromatic rings. The lowest BCUT2D eigenvalue weighted by Gasteiger charge is -2.12. The number of nitrogens with one attached hydrogen (secondary N) is 2. The standard InChI is InChI=1S/C25H24N6O2S/c1-16-7-9-20(10-8-16)31-23(19-11-13-26-14-12-19)29-30-25(31)34-15-22(32)28-24(33)27-21-6-4-5-17(2)18(21)3/h4-14H,15H2,1-3H3,(H2,27,28,32,33). The topological polar surface area (TPSA) is 102 Å². The summed E-state index contributed by atoms with van der Waals surface area (Å²) in [7, 11) is 0. The highest BCUT2D eigenvalue weighted by Gasteiger charge is 2.18. The monoisotopic (exact) mass is 472 g/mol. The van der Waals surface area contributed by atoms with Gasteiger partial charge in [-0.05, 0) is 62.2 Å². The molecule has 4 rings (SSSR count). The minimum atomic E-state index is -0.572. The maximum atomic E-state index is 12.5. The average molecular weight is 473 g/mol. The lowest BCUT2D eigenvalue weighted by molar-refractivity contribution is -0.117. The Bertz CT molecular complexity index is 1320. The summed E-state index contributed by atoms with van der Waals surface area (Å²) in [6, 6.07) is 16.7. The lowest BCUT2D eigenvalue weighted by atomic mass is 10.1. The van der Waals surface area contributed by atoms with Crippen molar-refractivity contribution < 1.29 is 9.59 Å². The lowest BCUT2D eigenvalue weighted by Crippen LogP contribution is -2.35. The van der Waals surface area contributed by atoms with E-state index in [2.05, 4.69) is 25.8 Å². The van der Waals surface area contributed by atoms with Crippen molar-refractivity contribution in [2.45, 2.75) is 25.9 Å². The molecule has 34 heavy (non-hydrogen) atoms. The van der Waals surface area contributed by atoms with Gasteiger partial charge in [-0.2, -0.15) is 0 Å². The van der Waals surface area contributed by atoms with E-state index in [9.17, 15) is 9.59 Å². The van der Waals surface area contributed by atoms with Crippen LogP contribution in [-0.4, -0.2) is 37.4 Å². The van der Waals surface area contributed by atoms with Gasteiger partial charge >= 0.3 is 6.03 Å². The van der Waals surface area contributed by atoms with Gasteiger partial charge in [-0.15, -0.1) is 10.2 Å². The summed E-state index contributed by atoms with van der Waals surface area (Å²) >= 11 is 1.21. The number of hydrogen-bond donors (Lipinski definition) is 2. The summed E-state index contributed by atoms with van der Waals surface area (Å²) in [6.07, 6.45) is 3.39. The molecule has 9 heteroatoms. The summed E-state index contributed by atoms with van der Waals surface area (Å²) in [5.41, 5.74) is 5.53. The molecule has 2 N–H and O–H groups in total. The molecule has 0 saturated carbocycles. The first-order valence-corrected chi connectivity index (χ1v) is 11.6. The predicted molar refractivity (Wildman–Crippen MR) is 133 cm³/mol. The molecule has 8 nitrogen and oxygen atoms in total. The second-order valence-corrected chi connectivity index (χ2v) is 8.69. The quantitative estimate of drug-likeness (QED) is 0.395. The van der Waals surface area contributed by atoms with E-state index in [1.807, 2.05) is 73.9 Å². The third-order valence-electron chi connectivity index (χ3n) is 5.30. The minimum Gasteiger partial charge on any atom is -0.307 e. The van der Waals surface area contributed by atoms with Crippen LogP contribution in [0.2, 0.25) is 0 Å². The molecule has 2 aromatic heterocycles. The number of pyridine rings is 1. The van der Waals surface area contributed by atoms with Gasteiger partial charge in [-0.25, -0.2) is 4.79 Å². The van der Waals surface area contributed by atoms with Crippen LogP contribution in [0.5, 0.6) is 0 Å². The Morgan fingerprint density at radius 1 is 0.941 bits per heavy atom. The van der Waals surface area contributed by atoms with Crippen LogP contribution in [0, 0.1) is 20.8 Å². The Morgan fingerprint density at radius 3 is 2.41 bits per heavy atom. The Hall–Kier alpha value is -3.98. The molecule has 0 aliphatic heterocycles.